The molecular weight excluding hydrogens is 360 g/mol. The van der Waals surface area contributed by atoms with E-state index in [1.807, 2.05) is 6.07 Å². The third kappa shape index (κ3) is 4.95. The molecule has 0 saturated carbocycles. The summed E-state index contributed by atoms with van der Waals surface area (Å²) in [5.41, 5.74) is 0.779. The van der Waals surface area contributed by atoms with E-state index in [2.05, 4.69) is 10.6 Å². The summed E-state index contributed by atoms with van der Waals surface area (Å²) in [6.07, 6.45) is 5.05. The van der Waals surface area contributed by atoms with Crippen molar-refractivity contribution in [3.05, 3.63) is 23.8 Å². The maximum atomic E-state index is 12.7. The van der Waals surface area contributed by atoms with E-state index in [1.165, 1.54) is 20.0 Å². The van der Waals surface area contributed by atoms with E-state index in [9.17, 15) is 9.59 Å². The first kappa shape index (κ1) is 20.5. The number of carbonyl (C=O) groups is 2. The Morgan fingerprint density at radius 2 is 1.79 bits per heavy atom. The first-order valence-corrected chi connectivity index (χ1v) is 9.86. The van der Waals surface area contributed by atoms with Crippen LogP contribution < -0.4 is 20.1 Å². The lowest BCUT2D eigenvalue weighted by Gasteiger charge is -2.29. The first-order valence-electron chi connectivity index (χ1n) is 9.86. The molecule has 2 saturated heterocycles. The molecule has 2 bridgehead atoms. The molecule has 0 spiro atoms. The van der Waals surface area contributed by atoms with Gasteiger partial charge in [-0.3, -0.25) is 9.59 Å². The normalized spacial score (nSPS) is 24.3. The van der Waals surface area contributed by atoms with Gasteiger partial charge in [0.25, 0.3) is 0 Å². The van der Waals surface area contributed by atoms with Gasteiger partial charge in [-0.25, -0.2) is 0 Å². The van der Waals surface area contributed by atoms with E-state index in [-0.39, 0.29) is 18.3 Å². The summed E-state index contributed by atoms with van der Waals surface area (Å²) in [5, 5.41) is 6.63. The molecule has 28 heavy (non-hydrogen) atoms. The van der Waals surface area contributed by atoms with Crippen LogP contribution in [0.5, 0.6) is 11.5 Å². The Labute approximate surface area is 166 Å². The number of rotatable bonds is 8. The summed E-state index contributed by atoms with van der Waals surface area (Å²) in [4.78, 5) is 24.6. The topological polar surface area (TPSA) is 85.9 Å². The van der Waals surface area contributed by atoms with Gasteiger partial charge >= 0.3 is 5.97 Å². The molecule has 0 aromatic heterocycles. The predicted molar refractivity (Wildman–Crippen MR) is 104 cm³/mol. The van der Waals surface area contributed by atoms with Gasteiger partial charge in [0.15, 0.2) is 11.5 Å². The minimum Gasteiger partial charge on any atom is -0.493 e. The Balaban J connectivity index is 1.69. The second kappa shape index (κ2) is 9.28. The molecule has 7 heteroatoms. The highest BCUT2D eigenvalue weighted by Crippen LogP contribution is 2.34. The summed E-state index contributed by atoms with van der Waals surface area (Å²) >= 11 is 0. The highest BCUT2D eigenvalue weighted by atomic mass is 16.5. The van der Waals surface area contributed by atoms with Gasteiger partial charge < -0.3 is 24.8 Å². The Bertz CT molecular complexity index is 696. The van der Waals surface area contributed by atoms with Crippen molar-refractivity contribution in [2.45, 2.75) is 56.7 Å². The number of piperidine rings is 1. The van der Waals surface area contributed by atoms with Crippen LogP contribution in [0.2, 0.25) is 0 Å². The van der Waals surface area contributed by atoms with Gasteiger partial charge in [-0.05, 0) is 49.3 Å². The molecule has 1 amide bonds. The molecule has 7 nitrogen and oxygen atoms in total. The van der Waals surface area contributed by atoms with Crippen molar-refractivity contribution in [2.24, 2.45) is 5.92 Å². The molecule has 154 valence electrons. The lowest BCUT2D eigenvalue weighted by atomic mass is 9.89. The zero-order valence-electron chi connectivity index (χ0n) is 16.8. The van der Waals surface area contributed by atoms with Gasteiger partial charge in [0, 0.05) is 18.5 Å². The minimum atomic E-state index is -0.474. The number of nitrogens with one attached hydrogen (secondary N) is 2. The van der Waals surface area contributed by atoms with Crippen LogP contribution in [0.3, 0.4) is 0 Å². The fraction of sp³-hybridized carbons (Fsp3) is 0.619. The average Bonchev–Trinajstić information content (AvgIpc) is 3.04. The average molecular weight is 390 g/mol. The van der Waals surface area contributed by atoms with Gasteiger partial charge in [0.2, 0.25) is 5.91 Å². The SMILES string of the molecule is COC(=O)CC(NC(=O)CC1CC2CCC(C1)N2)c1ccc(OC)c(OC)c1. The van der Waals surface area contributed by atoms with E-state index >= 15 is 0 Å². The maximum absolute atomic E-state index is 12.7. The lowest BCUT2D eigenvalue weighted by Crippen LogP contribution is -2.40. The molecule has 1 aromatic rings. The summed E-state index contributed by atoms with van der Waals surface area (Å²) in [7, 11) is 4.47. The zero-order valence-corrected chi connectivity index (χ0v) is 16.8. The standard InChI is InChI=1S/C21H30N2O5/c1-26-18-7-4-14(11-19(18)27-2)17(12-21(25)28-3)23-20(24)10-13-8-15-5-6-16(9-13)22-15/h4,7,11,13,15-17,22H,5-6,8-10,12H2,1-3H3,(H,23,24). The van der Waals surface area contributed by atoms with E-state index in [0.29, 0.717) is 35.9 Å². The van der Waals surface area contributed by atoms with Crippen molar-refractivity contribution < 1.29 is 23.8 Å². The summed E-state index contributed by atoms with van der Waals surface area (Å²) in [6.45, 7) is 0. The van der Waals surface area contributed by atoms with Crippen LogP contribution in [-0.2, 0) is 14.3 Å². The molecular formula is C21H30N2O5. The van der Waals surface area contributed by atoms with Crippen molar-refractivity contribution in [1.29, 1.82) is 0 Å². The van der Waals surface area contributed by atoms with Crippen LogP contribution in [-0.4, -0.2) is 45.3 Å². The third-order valence-electron chi connectivity index (χ3n) is 5.79. The Morgan fingerprint density at radius 1 is 1.11 bits per heavy atom. The molecule has 0 aliphatic carbocycles. The molecule has 2 N–H and O–H groups in total. The van der Waals surface area contributed by atoms with Crippen molar-refractivity contribution in [1.82, 2.24) is 10.6 Å². The Morgan fingerprint density at radius 3 is 2.39 bits per heavy atom. The number of hydrogen-bond donors (Lipinski definition) is 2. The van der Waals surface area contributed by atoms with Crippen LogP contribution >= 0.6 is 0 Å². The molecule has 3 atom stereocenters. The monoisotopic (exact) mass is 390 g/mol. The second-order valence-corrected chi connectivity index (χ2v) is 7.69. The molecule has 1 aromatic carbocycles. The molecule has 3 unspecified atom stereocenters. The quantitative estimate of drug-likeness (QED) is 0.663. The van der Waals surface area contributed by atoms with E-state index in [0.717, 1.165) is 18.4 Å². The van der Waals surface area contributed by atoms with Gasteiger partial charge in [-0.2, -0.15) is 0 Å². The van der Waals surface area contributed by atoms with Gasteiger partial charge in [-0.1, -0.05) is 6.07 Å². The summed E-state index contributed by atoms with van der Waals surface area (Å²) in [6, 6.07) is 6.02. The fourth-order valence-corrected chi connectivity index (χ4v) is 4.43. The molecule has 2 fully saturated rings. The van der Waals surface area contributed by atoms with Crippen molar-refractivity contribution >= 4 is 11.9 Å². The van der Waals surface area contributed by atoms with Crippen LogP contribution in [0.4, 0.5) is 0 Å². The van der Waals surface area contributed by atoms with E-state index < -0.39 is 6.04 Å². The highest BCUT2D eigenvalue weighted by molar-refractivity contribution is 5.78. The summed E-state index contributed by atoms with van der Waals surface area (Å²) in [5.74, 6) is 1.14. The third-order valence-corrected chi connectivity index (χ3v) is 5.79. The molecule has 2 aliphatic heterocycles. The number of benzene rings is 1. The number of esters is 1. The molecule has 2 aliphatic rings. The number of ether oxygens (including phenoxy) is 3. The smallest absolute Gasteiger partial charge is 0.307 e. The van der Waals surface area contributed by atoms with Gasteiger partial charge in [-0.15, -0.1) is 0 Å². The lowest BCUT2D eigenvalue weighted by molar-refractivity contribution is -0.141. The van der Waals surface area contributed by atoms with E-state index in [1.54, 1.807) is 26.4 Å². The van der Waals surface area contributed by atoms with Crippen LogP contribution in [0.25, 0.3) is 0 Å². The number of carbonyl (C=O) groups excluding carboxylic acids is 2. The zero-order chi connectivity index (χ0) is 20.1. The Kier molecular flexibility index (Phi) is 6.78. The van der Waals surface area contributed by atoms with Crippen molar-refractivity contribution in [2.75, 3.05) is 21.3 Å². The largest absolute Gasteiger partial charge is 0.493 e. The number of amides is 1. The van der Waals surface area contributed by atoms with E-state index in [4.69, 9.17) is 14.2 Å². The second-order valence-electron chi connectivity index (χ2n) is 7.69. The van der Waals surface area contributed by atoms with Crippen LogP contribution in [0, 0.1) is 5.92 Å². The van der Waals surface area contributed by atoms with Crippen LogP contribution in [0.1, 0.15) is 50.1 Å². The highest BCUT2D eigenvalue weighted by Gasteiger charge is 2.34. The van der Waals surface area contributed by atoms with Crippen molar-refractivity contribution in [3.8, 4) is 11.5 Å². The van der Waals surface area contributed by atoms with Crippen molar-refractivity contribution in [3.63, 3.8) is 0 Å². The van der Waals surface area contributed by atoms with Gasteiger partial charge in [0.05, 0.1) is 33.8 Å². The van der Waals surface area contributed by atoms with Crippen LogP contribution in [0.15, 0.2) is 18.2 Å². The maximum Gasteiger partial charge on any atom is 0.307 e. The first-order chi connectivity index (χ1) is 13.5. The summed E-state index contributed by atoms with van der Waals surface area (Å²) < 4.78 is 15.4. The fourth-order valence-electron chi connectivity index (χ4n) is 4.43. The number of methoxy groups -OCH3 is 3. The number of fused-ring (bicyclic) bond motifs is 2. The molecule has 2 heterocycles. The molecule has 0 radical (unpaired) electrons. The molecule has 3 rings (SSSR count). The predicted octanol–water partition coefficient (Wildman–Crippen LogP) is 2.34. The number of hydrogen-bond acceptors (Lipinski definition) is 6. The minimum absolute atomic E-state index is 0.0324. The van der Waals surface area contributed by atoms with Gasteiger partial charge in [0.1, 0.15) is 0 Å². The Hall–Kier alpha value is -2.28.